The summed E-state index contributed by atoms with van der Waals surface area (Å²) in [6.45, 7) is 1.29. The van der Waals surface area contributed by atoms with Gasteiger partial charge >= 0.3 is 5.97 Å². The van der Waals surface area contributed by atoms with Gasteiger partial charge in [0, 0.05) is 29.7 Å². The summed E-state index contributed by atoms with van der Waals surface area (Å²) in [5.74, 6) is -2.17. The molecule has 142 valence electrons. The third-order valence-electron chi connectivity index (χ3n) is 4.48. The molecule has 11 heteroatoms. The van der Waals surface area contributed by atoms with Crippen molar-refractivity contribution in [3.05, 3.63) is 83.5 Å². The van der Waals surface area contributed by atoms with Crippen LogP contribution in [-0.4, -0.2) is 25.8 Å². The van der Waals surface area contributed by atoms with Gasteiger partial charge in [0.1, 0.15) is 0 Å². The van der Waals surface area contributed by atoms with Gasteiger partial charge in [-0.05, 0) is 29.7 Å². The Morgan fingerprint density at radius 3 is 2.11 bits per heavy atom. The Kier molecular flexibility index (Phi) is 4.35. The van der Waals surface area contributed by atoms with E-state index in [2.05, 4.69) is 0 Å². The third-order valence-corrected chi connectivity index (χ3v) is 4.48. The van der Waals surface area contributed by atoms with Gasteiger partial charge in [-0.1, -0.05) is 6.08 Å². The van der Waals surface area contributed by atoms with E-state index in [4.69, 9.17) is 0 Å². The molecule has 0 bridgehead atoms. The van der Waals surface area contributed by atoms with Crippen molar-refractivity contribution in [1.82, 2.24) is 0 Å². The van der Waals surface area contributed by atoms with E-state index >= 15 is 0 Å². The van der Waals surface area contributed by atoms with Gasteiger partial charge in [0.2, 0.25) is 0 Å². The Hall–Kier alpha value is -4.15. The average molecular weight is 385 g/mol. The fourth-order valence-electron chi connectivity index (χ4n) is 3.24. The molecule has 1 atom stereocenters. The zero-order valence-corrected chi connectivity index (χ0v) is 14.2. The van der Waals surface area contributed by atoms with Crippen LogP contribution < -0.4 is 0 Å². The fourth-order valence-corrected chi connectivity index (χ4v) is 3.24. The minimum absolute atomic E-state index is 0.0833. The number of allylic oxidation sites excluding steroid dienone is 1. The van der Waals surface area contributed by atoms with Gasteiger partial charge < -0.3 is 5.11 Å². The molecule has 1 aliphatic rings. The number of carboxylic acid groups (broad SMARTS) is 1. The molecular formula is C17H11N3O8. The normalized spacial score (nSPS) is 14.9. The van der Waals surface area contributed by atoms with Crippen LogP contribution in [0.25, 0.3) is 11.1 Å². The summed E-state index contributed by atoms with van der Waals surface area (Å²) in [5.41, 5.74) is -0.645. The molecule has 28 heavy (non-hydrogen) atoms. The molecule has 11 nitrogen and oxygen atoms in total. The smallest absolute Gasteiger partial charge is 0.330 e. The lowest BCUT2D eigenvalue weighted by molar-refractivity contribution is -0.393. The van der Waals surface area contributed by atoms with Crippen LogP contribution >= 0.6 is 0 Å². The van der Waals surface area contributed by atoms with Crippen molar-refractivity contribution in [2.45, 2.75) is 12.8 Å². The van der Waals surface area contributed by atoms with Crippen LogP contribution in [0.4, 0.5) is 17.1 Å². The summed E-state index contributed by atoms with van der Waals surface area (Å²) >= 11 is 0. The third kappa shape index (κ3) is 2.94. The van der Waals surface area contributed by atoms with Crippen molar-refractivity contribution in [3.63, 3.8) is 0 Å². The number of nitro groups is 3. The molecule has 0 saturated carbocycles. The molecule has 0 aliphatic heterocycles. The van der Waals surface area contributed by atoms with E-state index in [1.165, 1.54) is 31.2 Å². The van der Waals surface area contributed by atoms with Crippen molar-refractivity contribution in [2.24, 2.45) is 0 Å². The first kappa shape index (κ1) is 18.6. The van der Waals surface area contributed by atoms with Gasteiger partial charge in [-0.2, -0.15) is 0 Å². The van der Waals surface area contributed by atoms with E-state index in [-0.39, 0.29) is 28.0 Å². The predicted molar refractivity (Wildman–Crippen MR) is 95.1 cm³/mol. The van der Waals surface area contributed by atoms with Crippen LogP contribution in [0.15, 0.2) is 42.0 Å². The van der Waals surface area contributed by atoms with Gasteiger partial charge in [-0.3, -0.25) is 30.3 Å². The van der Waals surface area contributed by atoms with Crippen LogP contribution in [0, 0.1) is 30.3 Å². The summed E-state index contributed by atoms with van der Waals surface area (Å²) in [6, 6.07) is 5.64. The van der Waals surface area contributed by atoms with Gasteiger partial charge in [0.15, 0.2) is 0 Å². The summed E-state index contributed by atoms with van der Waals surface area (Å²) in [7, 11) is 0. The molecule has 3 rings (SSSR count). The second kappa shape index (κ2) is 6.54. The SMILES string of the molecule is C/C(=C\C1c2cc([N+](=O)[O-])ccc2-c2c1cc([N+](=O)[O-])cc2[N+](=O)[O-])C(=O)O. The predicted octanol–water partition coefficient (Wildman–Crippen LogP) is 3.55. The average Bonchev–Trinajstić information content (AvgIpc) is 2.93. The van der Waals surface area contributed by atoms with E-state index < -0.39 is 38.0 Å². The van der Waals surface area contributed by atoms with Crippen LogP contribution in [0.1, 0.15) is 24.0 Å². The zero-order valence-electron chi connectivity index (χ0n) is 14.2. The van der Waals surface area contributed by atoms with Crippen molar-refractivity contribution >= 4 is 23.0 Å². The molecule has 0 saturated heterocycles. The number of rotatable bonds is 5. The van der Waals surface area contributed by atoms with Crippen LogP contribution in [0.2, 0.25) is 0 Å². The molecule has 2 aromatic rings. The minimum Gasteiger partial charge on any atom is -0.478 e. The largest absolute Gasteiger partial charge is 0.478 e. The monoisotopic (exact) mass is 385 g/mol. The van der Waals surface area contributed by atoms with Gasteiger partial charge in [-0.15, -0.1) is 0 Å². The number of carbonyl (C=O) groups is 1. The summed E-state index contributed by atoms with van der Waals surface area (Å²) < 4.78 is 0. The molecule has 1 unspecified atom stereocenters. The van der Waals surface area contributed by atoms with Gasteiger partial charge in [-0.25, -0.2) is 4.79 Å². The van der Waals surface area contributed by atoms with Gasteiger partial charge in [0.05, 0.1) is 26.4 Å². The molecule has 1 aliphatic carbocycles. The second-order valence-electron chi connectivity index (χ2n) is 6.10. The van der Waals surface area contributed by atoms with Crippen LogP contribution in [0.5, 0.6) is 0 Å². The van der Waals surface area contributed by atoms with Crippen molar-refractivity contribution in [1.29, 1.82) is 0 Å². The maximum absolute atomic E-state index is 11.5. The second-order valence-corrected chi connectivity index (χ2v) is 6.10. The van der Waals surface area contributed by atoms with Crippen molar-refractivity contribution in [3.8, 4) is 11.1 Å². The Labute approximate surface area is 156 Å². The minimum atomic E-state index is -1.25. The number of fused-ring (bicyclic) bond motifs is 3. The molecule has 2 aromatic carbocycles. The number of nitrogens with zero attached hydrogens (tertiary/aromatic N) is 3. The maximum atomic E-state index is 11.5. The molecule has 0 heterocycles. The number of carboxylic acids is 1. The molecule has 0 fully saturated rings. The summed E-state index contributed by atoms with van der Waals surface area (Å²) in [4.78, 5) is 42.9. The molecule has 0 radical (unpaired) electrons. The zero-order chi connectivity index (χ0) is 20.7. The first-order valence-electron chi connectivity index (χ1n) is 7.79. The van der Waals surface area contributed by atoms with Crippen molar-refractivity contribution < 1.29 is 24.7 Å². The number of non-ortho nitro benzene ring substituents is 2. The van der Waals surface area contributed by atoms with E-state index in [1.807, 2.05) is 0 Å². The van der Waals surface area contributed by atoms with E-state index in [0.717, 1.165) is 12.1 Å². The highest BCUT2D eigenvalue weighted by atomic mass is 16.6. The highest BCUT2D eigenvalue weighted by molar-refractivity contribution is 5.90. The Balaban J connectivity index is 2.40. The molecule has 0 spiro atoms. The number of benzene rings is 2. The number of hydrogen-bond acceptors (Lipinski definition) is 7. The first-order chi connectivity index (χ1) is 13.1. The maximum Gasteiger partial charge on any atom is 0.330 e. The quantitative estimate of drug-likeness (QED) is 0.463. The molecule has 1 N–H and O–H groups in total. The fraction of sp³-hybridized carbons (Fsp3) is 0.118. The molecule has 0 amide bonds. The number of hydrogen-bond donors (Lipinski definition) is 1. The van der Waals surface area contributed by atoms with E-state index in [0.29, 0.717) is 5.56 Å². The van der Waals surface area contributed by atoms with Crippen LogP contribution in [0.3, 0.4) is 0 Å². The number of aliphatic carboxylic acids is 1. The highest BCUT2D eigenvalue weighted by Gasteiger charge is 2.37. The van der Waals surface area contributed by atoms with Gasteiger partial charge in [0.25, 0.3) is 17.1 Å². The summed E-state index contributed by atoms with van der Waals surface area (Å²) in [5, 5.41) is 43.0. The van der Waals surface area contributed by atoms with E-state index in [9.17, 15) is 40.2 Å². The Morgan fingerprint density at radius 2 is 1.57 bits per heavy atom. The van der Waals surface area contributed by atoms with Crippen LogP contribution in [-0.2, 0) is 4.79 Å². The lowest BCUT2D eigenvalue weighted by Gasteiger charge is -2.09. The summed E-state index contributed by atoms with van der Waals surface area (Å²) in [6.07, 6.45) is 1.27. The standard InChI is InChI=1S/C17H11N3O8/c1-8(17(21)22)4-12-13-5-9(18(23)24)2-3-11(13)16-14(12)6-10(19(25)26)7-15(16)20(27)28/h2-7,12H,1H3,(H,21,22)/b8-4+. The first-order valence-corrected chi connectivity index (χ1v) is 7.79. The lowest BCUT2D eigenvalue weighted by atomic mass is 9.94. The highest BCUT2D eigenvalue weighted by Crippen LogP contribution is 2.52. The number of nitro benzene ring substituents is 3. The lowest BCUT2D eigenvalue weighted by Crippen LogP contribution is -2.02. The molecule has 0 aromatic heterocycles. The van der Waals surface area contributed by atoms with Crippen molar-refractivity contribution in [2.75, 3.05) is 0 Å². The Morgan fingerprint density at radius 1 is 0.964 bits per heavy atom. The topological polar surface area (TPSA) is 167 Å². The van der Waals surface area contributed by atoms with E-state index in [1.54, 1.807) is 0 Å². The Bertz CT molecular complexity index is 1110. The molecular weight excluding hydrogens is 374 g/mol.